The fraction of sp³-hybridized carbons (Fsp3) is 0.143. The Balaban J connectivity index is 1.66. The van der Waals surface area contributed by atoms with Gasteiger partial charge in [0.25, 0.3) is 0 Å². The molecular weight excluding hydrogens is 467 g/mol. The molecular formula is C35H33OP. The maximum atomic E-state index is 5.99. The predicted octanol–water partition coefficient (Wildman–Crippen LogP) is 7.75. The molecule has 4 aromatic rings. The minimum absolute atomic E-state index is 0.00362. The first-order valence-electron chi connectivity index (χ1n) is 12.8. The smallest absolute Gasteiger partial charge is 0.0999 e. The molecule has 0 heterocycles. The first kappa shape index (κ1) is 25.0. The van der Waals surface area contributed by atoms with Gasteiger partial charge in [0.2, 0.25) is 0 Å². The van der Waals surface area contributed by atoms with Gasteiger partial charge in [-0.25, -0.2) is 0 Å². The molecule has 2 heteroatoms. The molecule has 5 rings (SSSR count). The summed E-state index contributed by atoms with van der Waals surface area (Å²) in [7, 11) is 1.05. The normalized spacial score (nSPS) is 16.0. The van der Waals surface area contributed by atoms with E-state index in [1.54, 1.807) is 7.11 Å². The zero-order valence-electron chi connectivity index (χ0n) is 21.8. The molecule has 0 fully saturated rings. The standard InChI is InChI=1S/C35H33OP/c1-35(2)25-13-12-15-28(35)22-23-29(36-3)26-33-32-20-11-10-14-27(32)21-24-34(33)37(30-16-6-4-7-17-30)31-18-8-5-9-19-31/h4-25H,26H2,1-3H3/b28-22-,29-23+. The van der Waals surface area contributed by atoms with Crippen molar-refractivity contribution in [1.29, 1.82) is 0 Å². The third-order valence-electron chi connectivity index (χ3n) is 6.99. The molecule has 0 bridgehead atoms. The maximum absolute atomic E-state index is 5.99. The summed E-state index contributed by atoms with van der Waals surface area (Å²) in [5.74, 6) is 0.958. The van der Waals surface area contributed by atoms with Gasteiger partial charge in [-0.3, -0.25) is 0 Å². The number of hydrogen-bond acceptors (Lipinski definition) is 1. The van der Waals surface area contributed by atoms with Crippen molar-refractivity contribution >= 4 is 34.6 Å². The molecule has 0 spiro atoms. The van der Waals surface area contributed by atoms with E-state index in [-0.39, 0.29) is 5.41 Å². The van der Waals surface area contributed by atoms with E-state index in [1.807, 2.05) is 0 Å². The Kier molecular flexibility index (Phi) is 7.54. The van der Waals surface area contributed by atoms with Crippen LogP contribution in [0.3, 0.4) is 0 Å². The second-order valence-corrected chi connectivity index (χ2v) is 12.1. The highest BCUT2D eigenvalue weighted by Gasteiger charge is 2.22. The van der Waals surface area contributed by atoms with Gasteiger partial charge in [0, 0.05) is 11.8 Å². The van der Waals surface area contributed by atoms with Crippen LogP contribution < -0.4 is 15.9 Å². The van der Waals surface area contributed by atoms with E-state index in [9.17, 15) is 0 Å². The van der Waals surface area contributed by atoms with Gasteiger partial charge in [-0.2, -0.15) is 0 Å². The third-order valence-corrected chi connectivity index (χ3v) is 9.52. The minimum atomic E-state index is -0.731. The molecule has 4 aromatic carbocycles. The fourth-order valence-electron chi connectivity index (χ4n) is 4.89. The number of benzene rings is 4. The summed E-state index contributed by atoms with van der Waals surface area (Å²) in [5.41, 5.74) is 2.61. The van der Waals surface area contributed by atoms with Gasteiger partial charge in [0.05, 0.1) is 12.9 Å². The van der Waals surface area contributed by atoms with Gasteiger partial charge < -0.3 is 4.74 Å². The number of hydrogen-bond donors (Lipinski definition) is 0. The van der Waals surface area contributed by atoms with E-state index < -0.39 is 7.92 Å². The molecule has 184 valence electrons. The van der Waals surface area contributed by atoms with Crippen molar-refractivity contribution in [3.8, 4) is 0 Å². The maximum Gasteiger partial charge on any atom is 0.0999 e. The second kappa shape index (κ2) is 11.2. The largest absolute Gasteiger partial charge is 0.501 e. The molecule has 0 aliphatic heterocycles. The van der Waals surface area contributed by atoms with Crippen LogP contribution in [0.4, 0.5) is 0 Å². The lowest BCUT2D eigenvalue weighted by atomic mass is 9.81. The minimum Gasteiger partial charge on any atom is -0.501 e. The SMILES string of the molecule is CO/C(=C/C=C1/C=CC=CC1(C)C)Cc1c(P(c2ccccc2)c2ccccc2)ccc2ccccc12. The van der Waals surface area contributed by atoms with Crippen LogP contribution in [0.5, 0.6) is 0 Å². The van der Waals surface area contributed by atoms with Gasteiger partial charge in [-0.05, 0) is 51.8 Å². The Labute approximate surface area is 222 Å². The zero-order valence-corrected chi connectivity index (χ0v) is 22.7. The van der Waals surface area contributed by atoms with Crippen molar-refractivity contribution in [2.24, 2.45) is 5.41 Å². The number of fused-ring (bicyclic) bond motifs is 1. The molecule has 1 aliphatic rings. The van der Waals surface area contributed by atoms with Crippen molar-refractivity contribution in [3.63, 3.8) is 0 Å². The lowest BCUT2D eigenvalue weighted by molar-refractivity contribution is 0.283. The molecule has 37 heavy (non-hydrogen) atoms. The highest BCUT2D eigenvalue weighted by Crippen LogP contribution is 2.37. The van der Waals surface area contributed by atoms with Crippen molar-refractivity contribution in [3.05, 3.63) is 150 Å². The average Bonchev–Trinajstić information content (AvgIpc) is 2.93. The summed E-state index contributed by atoms with van der Waals surface area (Å²) in [5, 5.41) is 6.63. The molecule has 0 saturated heterocycles. The van der Waals surface area contributed by atoms with Gasteiger partial charge >= 0.3 is 0 Å². The van der Waals surface area contributed by atoms with Crippen LogP contribution in [0.15, 0.2) is 145 Å². The van der Waals surface area contributed by atoms with Gasteiger partial charge in [-0.15, -0.1) is 0 Å². The summed E-state index contributed by atoms with van der Waals surface area (Å²) in [6, 6.07) is 35.2. The molecule has 0 unspecified atom stereocenters. The first-order chi connectivity index (χ1) is 18.1. The van der Waals surface area contributed by atoms with E-state index in [2.05, 4.69) is 147 Å². The summed E-state index contributed by atoms with van der Waals surface area (Å²) in [6.45, 7) is 4.49. The van der Waals surface area contributed by atoms with E-state index in [0.29, 0.717) is 0 Å². The summed E-state index contributed by atoms with van der Waals surface area (Å²) < 4.78 is 5.99. The van der Waals surface area contributed by atoms with Crippen LogP contribution in [-0.2, 0) is 11.2 Å². The van der Waals surface area contributed by atoms with Crippen molar-refractivity contribution < 1.29 is 4.74 Å². The third kappa shape index (κ3) is 5.53. The molecule has 1 nitrogen and oxygen atoms in total. The molecule has 0 radical (unpaired) electrons. The first-order valence-corrected chi connectivity index (χ1v) is 14.1. The zero-order chi connectivity index (χ0) is 25.7. The van der Waals surface area contributed by atoms with Crippen LogP contribution in [-0.4, -0.2) is 7.11 Å². The van der Waals surface area contributed by atoms with E-state index in [4.69, 9.17) is 4.74 Å². The Morgan fingerprint density at radius 2 is 1.43 bits per heavy atom. The topological polar surface area (TPSA) is 9.23 Å². The number of rotatable bonds is 7. The van der Waals surface area contributed by atoms with Crippen molar-refractivity contribution in [2.45, 2.75) is 20.3 Å². The Morgan fingerprint density at radius 1 is 0.784 bits per heavy atom. The predicted molar refractivity (Wildman–Crippen MR) is 162 cm³/mol. The van der Waals surface area contributed by atoms with Crippen LogP contribution in [0.2, 0.25) is 0 Å². The lowest BCUT2D eigenvalue weighted by Gasteiger charge is -2.25. The Morgan fingerprint density at radius 3 is 2.08 bits per heavy atom. The van der Waals surface area contributed by atoms with Gasteiger partial charge in [0.1, 0.15) is 0 Å². The lowest BCUT2D eigenvalue weighted by Crippen LogP contribution is -2.24. The molecule has 0 N–H and O–H groups in total. The van der Waals surface area contributed by atoms with Crippen molar-refractivity contribution in [1.82, 2.24) is 0 Å². The van der Waals surface area contributed by atoms with Crippen LogP contribution in [0, 0.1) is 5.41 Å². The number of ether oxygens (including phenoxy) is 1. The monoisotopic (exact) mass is 500 g/mol. The molecule has 0 atom stereocenters. The summed E-state index contributed by atoms with van der Waals surface area (Å²) in [4.78, 5) is 0. The Hall–Kier alpha value is -3.67. The Bertz CT molecular complexity index is 1450. The number of methoxy groups -OCH3 is 1. The average molecular weight is 501 g/mol. The van der Waals surface area contributed by atoms with Crippen LogP contribution >= 0.6 is 7.92 Å². The van der Waals surface area contributed by atoms with E-state index in [1.165, 1.54) is 37.8 Å². The highest BCUT2D eigenvalue weighted by molar-refractivity contribution is 7.80. The van der Waals surface area contributed by atoms with Gasteiger partial charge in [0.15, 0.2) is 0 Å². The second-order valence-electron chi connectivity index (χ2n) is 9.87. The van der Waals surface area contributed by atoms with Crippen LogP contribution in [0.25, 0.3) is 10.8 Å². The van der Waals surface area contributed by atoms with Gasteiger partial charge in [-0.1, -0.05) is 141 Å². The van der Waals surface area contributed by atoms with Crippen LogP contribution in [0.1, 0.15) is 19.4 Å². The molecule has 0 aromatic heterocycles. The van der Waals surface area contributed by atoms with E-state index in [0.717, 1.165) is 12.2 Å². The quantitative estimate of drug-likeness (QED) is 0.186. The summed E-state index contributed by atoms with van der Waals surface area (Å²) >= 11 is 0. The number of allylic oxidation sites excluding steroid dienone is 8. The molecule has 1 aliphatic carbocycles. The summed E-state index contributed by atoms with van der Waals surface area (Å²) in [6.07, 6.45) is 13.8. The molecule has 0 amide bonds. The van der Waals surface area contributed by atoms with E-state index >= 15 is 0 Å². The highest BCUT2D eigenvalue weighted by atomic mass is 31.1. The van der Waals surface area contributed by atoms with Crippen molar-refractivity contribution in [2.75, 3.05) is 7.11 Å². The molecule has 0 saturated carbocycles. The fourth-order valence-corrected chi connectivity index (χ4v) is 7.38.